The number of pyridine rings is 1. The van der Waals surface area contributed by atoms with Crippen molar-refractivity contribution in [2.75, 3.05) is 25.1 Å². The maximum atomic E-state index is 5.64. The fourth-order valence-electron chi connectivity index (χ4n) is 5.09. The molecule has 6 rings (SSSR count). The lowest BCUT2D eigenvalue weighted by Crippen LogP contribution is -2.41. The van der Waals surface area contributed by atoms with Gasteiger partial charge in [0.2, 0.25) is 5.95 Å². The molecule has 0 atom stereocenters. The van der Waals surface area contributed by atoms with Crippen LogP contribution in [0.4, 0.5) is 5.95 Å². The monoisotopic (exact) mass is 447 g/mol. The summed E-state index contributed by atoms with van der Waals surface area (Å²) in [5.41, 5.74) is 4.93. The zero-order chi connectivity index (χ0) is 22.4. The van der Waals surface area contributed by atoms with Gasteiger partial charge in [-0.05, 0) is 51.7 Å². The highest BCUT2D eigenvalue weighted by Gasteiger charge is 2.30. The van der Waals surface area contributed by atoms with Crippen LogP contribution in [0.15, 0.2) is 30.7 Å². The minimum atomic E-state index is 0.357. The van der Waals surface area contributed by atoms with Crippen LogP contribution >= 0.6 is 0 Å². The Morgan fingerprint density at radius 1 is 1.15 bits per heavy atom. The molecule has 1 aliphatic heterocycles. The summed E-state index contributed by atoms with van der Waals surface area (Å²) in [4.78, 5) is 14.0. The van der Waals surface area contributed by atoms with E-state index in [2.05, 4.69) is 44.0 Å². The number of anilines is 1. The lowest BCUT2D eigenvalue weighted by molar-refractivity contribution is 0.00283. The van der Waals surface area contributed by atoms with Gasteiger partial charge in [-0.25, -0.2) is 19.5 Å². The summed E-state index contributed by atoms with van der Waals surface area (Å²) in [5, 5.41) is 8.09. The summed E-state index contributed by atoms with van der Waals surface area (Å²) >= 11 is 0. The van der Waals surface area contributed by atoms with E-state index in [-0.39, 0.29) is 0 Å². The second-order valence-corrected chi connectivity index (χ2v) is 8.97. The zero-order valence-corrected chi connectivity index (χ0v) is 19.1. The molecule has 33 heavy (non-hydrogen) atoms. The Morgan fingerprint density at radius 3 is 2.82 bits per heavy atom. The summed E-state index contributed by atoms with van der Waals surface area (Å²) < 4.78 is 15.4. The van der Waals surface area contributed by atoms with Gasteiger partial charge >= 0.3 is 0 Å². The van der Waals surface area contributed by atoms with Crippen LogP contribution in [0.3, 0.4) is 0 Å². The Balaban J connectivity index is 1.29. The van der Waals surface area contributed by atoms with Gasteiger partial charge in [0.15, 0.2) is 5.65 Å². The average Bonchev–Trinajstić information content (AvgIpc) is 3.37. The number of aryl methyl sites for hydroxylation is 1. The molecule has 0 bridgehead atoms. The predicted octanol–water partition coefficient (Wildman–Crippen LogP) is 3.78. The first-order chi connectivity index (χ1) is 16.2. The summed E-state index contributed by atoms with van der Waals surface area (Å²) in [7, 11) is 0. The molecule has 0 unspecified atom stereocenters. The van der Waals surface area contributed by atoms with Crippen molar-refractivity contribution in [1.82, 2.24) is 29.1 Å². The molecule has 4 aromatic rings. The zero-order valence-electron chi connectivity index (χ0n) is 19.1. The summed E-state index contributed by atoms with van der Waals surface area (Å²) in [6.07, 6.45) is 10.1. The topological polar surface area (TPSA) is 91.4 Å². The highest BCUT2D eigenvalue weighted by molar-refractivity contribution is 5.85. The van der Waals surface area contributed by atoms with Gasteiger partial charge in [0.1, 0.15) is 5.82 Å². The molecule has 0 spiro atoms. The van der Waals surface area contributed by atoms with Crippen LogP contribution in [0, 0.1) is 6.92 Å². The lowest BCUT2D eigenvalue weighted by atomic mass is 9.89. The molecule has 0 aromatic carbocycles. The van der Waals surface area contributed by atoms with E-state index in [9.17, 15) is 0 Å². The number of imidazole rings is 1. The molecule has 2 fully saturated rings. The van der Waals surface area contributed by atoms with E-state index in [0.29, 0.717) is 24.1 Å². The molecule has 9 heteroatoms. The summed E-state index contributed by atoms with van der Waals surface area (Å²) in [5.74, 6) is 1.65. The third-order valence-electron chi connectivity index (χ3n) is 6.84. The van der Waals surface area contributed by atoms with Crippen LogP contribution < -0.4 is 5.32 Å². The molecule has 1 aliphatic carbocycles. The van der Waals surface area contributed by atoms with E-state index < -0.39 is 0 Å². The molecular formula is C24H29N7O2. The standard InChI is InChI=1S/C24H29N7O2/c1-3-33-19-11-17(12-19)28-24-26-14-22-20(4-7-30(22)29-24)16-10-21-23(25-13-16)27-15(2)31(21)18-5-8-32-9-6-18/h4,7,10,13-14,17-19H,3,5-6,8-9,11-12H2,1-2H3,(H,28,29)/t17-,19+. The molecule has 2 aliphatic rings. The number of ether oxygens (including phenoxy) is 2. The SMILES string of the molecule is CCO[C@H]1C[C@@H](Nc2ncc3c(-c4cnc5nc(C)n(C6CCOCC6)c5c4)ccn3n2)C1. The largest absolute Gasteiger partial charge is 0.381 e. The quantitative estimate of drug-likeness (QED) is 0.481. The maximum Gasteiger partial charge on any atom is 0.241 e. The van der Waals surface area contributed by atoms with E-state index in [1.807, 2.05) is 30.0 Å². The van der Waals surface area contributed by atoms with E-state index in [1.54, 1.807) is 0 Å². The summed E-state index contributed by atoms with van der Waals surface area (Å²) in [6.45, 7) is 6.45. The predicted molar refractivity (Wildman–Crippen MR) is 125 cm³/mol. The molecule has 1 N–H and O–H groups in total. The molecule has 0 amide bonds. The number of nitrogens with one attached hydrogen (secondary N) is 1. The van der Waals surface area contributed by atoms with E-state index in [4.69, 9.17) is 14.5 Å². The second kappa shape index (κ2) is 8.39. The minimum absolute atomic E-state index is 0.357. The number of nitrogens with zero attached hydrogens (tertiary/aromatic N) is 6. The molecule has 0 radical (unpaired) electrons. The van der Waals surface area contributed by atoms with Gasteiger partial charge in [-0.3, -0.25) is 0 Å². The van der Waals surface area contributed by atoms with E-state index in [0.717, 1.165) is 79.1 Å². The van der Waals surface area contributed by atoms with Crippen LogP contribution in [0.25, 0.3) is 27.8 Å². The first-order valence-electron chi connectivity index (χ1n) is 11.8. The van der Waals surface area contributed by atoms with Gasteiger partial charge in [-0.15, -0.1) is 5.10 Å². The highest BCUT2D eigenvalue weighted by atomic mass is 16.5. The Kier molecular flexibility index (Phi) is 5.22. The number of aromatic nitrogens is 6. The van der Waals surface area contributed by atoms with Crippen LogP contribution in [0.2, 0.25) is 0 Å². The number of fused-ring (bicyclic) bond motifs is 2. The number of hydrogen-bond donors (Lipinski definition) is 1. The molecule has 1 saturated heterocycles. The molecule has 9 nitrogen and oxygen atoms in total. The van der Waals surface area contributed by atoms with Gasteiger partial charge in [0, 0.05) is 55.4 Å². The first kappa shape index (κ1) is 20.6. The first-order valence-corrected chi connectivity index (χ1v) is 11.8. The third kappa shape index (κ3) is 3.75. The Morgan fingerprint density at radius 2 is 2.00 bits per heavy atom. The number of hydrogen-bond acceptors (Lipinski definition) is 7. The fourth-order valence-corrected chi connectivity index (χ4v) is 5.09. The number of rotatable bonds is 6. The van der Waals surface area contributed by atoms with Gasteiger partial charge in [0.25, 0.3) is 0 Å². The second-order valence-electron chi connectivity index (χ2n) is 8.97. The molecule has 1 saturated carbocycles. The third-order valence-corrected chi connectivity index (χ3v) is 6.84. The maximum absolute atomic E-state index is 5.64. The van der Waals surface area contributed by atoms with Crippen LogP contribution in [0.5, 0.6) is 0 Å². The van der Waals surface area contributed by atoms with Crippen molar-refractivity contribution in [3.8, 4) is 11.1 Å². The Hall–Kier alpha value is -3.04. The Bertz CT molecular complexity index is 1280. The van der Waals surface area contributed by atoms with E-state index in [1.165, 1.54) is 0 Å². The normalized spacial score (nSPS) is 21.5. The van der Waals surface area contributed by atoms with Crippen molar-refractivity contribution in [2.24, 2.45) is 0 Å². The smallest absolute Gasteiger partial charge is 0.241 e. The van der Waals surface area contributed by atoms with Crippen molar-refractivity contribution in [3.63, 3.8) is 0 Å². The highest BCUT2D eigenvalue weighted by Crippen LogP contribution is 2.32. The van der Waals surface area contributed by atoms with E-state index >= 15 is 0 Å². The van der Waals surface area contributed by atoms with Gasteiger partial charge in [0.05, 0.1) is 23.3 Å². The van der Waals surface area contributed by atoms with Crippen molar-refractivity contribution in [3.05, 3.63) is 36.5 Å². The van der Waals surface area contributed by atoms with Crippen LogP contribution in [-0.2, 0) is 9.47 Å². The van der Waals surface area contributed by atoms with Crippen LogP contribution in [0.1, 0.15) is 44.5 Å². The van der Waals surface area contributed by atoms with Crippen LogP contribution in [-0.4, -0.2) is 61.1 Å². The van der Waals surface area contributed by atoms with Gasteiger partial charge in [-0.2, -0.15) is 0 Å². The van der Waals surface area contributed by atoms with Gasteiger partial charge in [-0.1, -0.05) is 0 Å². The molecule has 172 valence electrons. The lowest BCUT2D eigenvalue weighted by Gasteiger charge is -2.35. The molecule has 4 aromatic heterocycles. The van der Waals surface area contributed by atoms with Gasteiger partial charge < -0.3 is 19.4 Å². The van der Waals surface area contributed by atoms with Crippen molar-refractivity contribution in [1.29, 1.82) is 0 Å². The Labute approximate surface area is 192 Å². The van der Waals surface area contributed by atoms with Crippen molar-refractivity contribution in [2.45, 2.75) is 57.7 Å². The fraction of sp³-hybridized carbons (Fsp3) is 0.500. The molecular weight excluding hydrogens is 418 g/mol. The minimum Gasteiger partial charge on any atom is -0.381 e. The average molecular weight is 448 g/mol. The molecule has 5 heterocycles. The summed E-state index contributed by atoms with van der Waals surface area (Å²) in [6, 6.07) is 5.04. The van der Waals surface area contributed by atoms with Crippen molar-refractivity contribution >= 4 is 22.6 Å². The van der Waals surface area contributed by atoms with Crippen molar-refractivity contribution < 1.29 is 9.47 Å².